The summed E-state index contributed by atoms with van der Waals surface area (Å²) in [5.41, 5.74) is 3.75. The number of benzene rings is 1. The maximum absolute atomic E-state index is 12.6. The van der Waals surface area contributed by atoms with Gasteiger partial charge in [-0.2, -0.15) is 4.68 Å². The van der Waals surface area contributed by atoms with Gasteiger partial charge in [0, 0.05) is 24.8 Å². The molecule has 0 unspecified atom stereocenters. The minimum absolute atomic E-state index is 0.0547. The third kappa shape index (κ3) is 3.17. The number of hydrogen-bond donors (Lipinski definition) is 1. The zero-order chi connectivity index (χ0) is 17.9. The van der Waals surface area contributed by atoms with E-state index in [4.69, 9.17) is 0 Å². The van der Waals surface area contributed by atoms with Crippen LogP contribution >= 0.6 is 0 Å². The van der Waals surface area contributed by atoms with E-state index in [0.717, 1.165) is 36.4 Å². The molecule has 4 rings (SSSR count). The van der Waals surface area contributed by atoms with E-state index in [2.05, 4.69) is 25.5 Å². The van der Waals surface area contributed by atoms with Gasteiger partial charge in [-0.3, -0.25) is 4.79 Å². The molecule has 1 N–H and O–H groups in total. The number of fused-ring (bicyclic) bond motifs is 1. The Hall–Kier alpha value is -2.80. The van der Waals surface area contributed by atoms with Gasteiger partial charge in [-0.05, 0) is 62.7 Å². The molecule has 0 spiro atoms. The molecule has 1 amide bonds. The average Bonchev–Trinajstić information content (AvgIpc) is 3.31. The number of carbonyl (C=O) groups excluding carboxylic acids is 1. The smallest absolute Gasteiger partial charge is 0.251 e. The normalized spacial score (nSPS) is 14.8. The minimum atomic E-state index is -0.0547. The van der Waals surface area contributed by atoms with Crippen molar-refractivity contribution in [2.24, 2.45) is 0 Å². The molecule has 1 aliphatic rings. The van der Waals surface area contributed by atoms with Crippen LogP contribution < -0.4 is 5.32 Å². The lowest BCUT2D eigenvalue weighted by Gasteiger charge is -2.16. The number of aromatic nitrogens is 4. The number of carbonyl (C=O) groups is 1. The first kappa shape index (κ1) is 16.7. The van der Waals surface area contributed by atoms with Crippen LogP contribution in [0.15, 0.2) is 36.5 Å². The van der Waals surface area contributed by atoms with Gasteiger partial charge >= 0.3 is 0 Å². The van der Waals surface area contributed by atoms with E-state index in [0.29, 0.717) is 17.8 Å². The van der Waals surface area contributed by atoms with Gasteiger partial charge < -0.3 is 10.2 Å². The monoisotopic (exact) mass is 350 g/mol. The fourth-order valence-corrected chi connectivity index (χ4v) is 3.46. The van der Waals surface area contributed by atoms with Gasteiger partial charge in [0.15, 0.2) is 5.65 Å². The number of amides is 1. The maximum Gasteiger partial charge on any atom is 0.251 e. The summed E-state index contributed by atoms with van der Waals surface area (Å²) in [6, 6.07) is 9.35. The summed E-state index contributed by atoms with van der Waals surface area (Å²) in [5, 5.41) is 11.4. The summed E-state index contributed by atoms with van der Waals surface area (Å²) in [6.07, 6.45) is 4.23. The highest BCUT2D eigenvalue weighted by molar-refractivity contribution is 5.96. The van der Waals surface area contributed by atoms with Crippen molar-refractivity contribution in [1.29, 1.82) is 0 Å². The van der Waals surface area contributed by atoms with Crippen molar-refractivity contribution in [1.82, 2.24) is 30.2 Å². The van der Waals surface area contributed by atoms with Crippen LogP contribution in [0.2, 0.25) is 0 Å². The average molecular weight is 350 g/mol. The summed E-state index contributed by atoms with van der Waals surface area (Å²) in [4.78, 5) is 19.4. The molecule has 26 heavy (non-hydrogen) atoms. The number of nitrogens with zero attached hydrogens (tertiary/aromatic N) is 5. The highest BCUT2D eigenvalue weighted by Gasteiger charge is 2.16. The molecule has 134 valence electrons. The minimum Gasteiger partial charge on any atom is -0.351 e. The molecule has 1 aromatic carbocycles. The van der Waals surface area contributed by atoms with Crippen molar-refractivity contribution in [2.45, 2.75) is 19.8 Å². The standard InChI is InChI=1S/C19H22N6O/c1-14-15(19(26)21-10-13-24-11-2-3-12-24)6-4-8-17(14)25-18-16(22-23-25)7-5-9-20-18/h4-9H,2-3,10-13H2,1H3,(H,21,26). The van der Waals surface area contributed by atoms with Crippen molar-refractivity contribution >= 4 is 17.1 Å². The van der Waals surface area contributed by atoms with Gasteiger partial charge in [0.25, 0.3) is 5.91 Å². The molecule has 1 aliphatic heterocycles. The number of pyridine rings is 1. The van der Waals surface area contributed by atoms with Crippen molar-refractivity contribution in [3.63, 3.8) is 0 Å². The first-order valence-electron chi connectivity index (χ1n) is 9.01. The van der Waals surface area contributed by atoms with E-state index in [1.54, 1.807) is 10.9 Å². The first-order chi connectivity index (χ1) is 12.7. The fraction of sp³-hybridized carbons (Fsp3) is 0.368. The molecule has 3 aromatic rings. The molecule has 7 nitrogen and oxygen atoms in total. The number of rotatable bonds is 5. The summed E-state index contributed by atoms with van der Waals surface area (Å²) in [7, 11) is 0. The van der Waals surface area contributed by atoms with E-state index >= 15 is 0 Å². The van der Waals surface area contributed by atoms with Crippen molar-refractivity contribution in [3.8, 4) is 5.69 Å². The SMILES string of the molecule is Cc1c(C(=O)NCCN2CCCC2)cccc1-n1nnc2cccnc21. The Kier molecular flexibility index (Phi) is 4.62. The van der Waals surface area contributed by atoms with Crippen LogP contribution in [0.5, 0.6) is 0 Å². The summed E-state index contributed by atoms with van der Waals surface area (Å²) >= 11 is 0. The van der Waals surface area contributed by atoms with Gasteiger partial charge in [-0.15, -0.1) is 5.10 Å². The highest BCUT2D eigenvalue weighted by Crippen LogP contribution is 2.20. The van der Waals surface area contributed by atoms with Gasteiger partial charge in [0.2, 0.25) is 0 Å². The molecule has 2 aromatic heterocycles. The van der Waals surface area contributed by atoms with Gasteiger partial charge in [0.1, 0.15) is 5.52 Å². The Bertz CT molecular complexity index is 929. The lowest BCUT2D eigenvalue weighted by Crippen LogP contribution is -2.33. The van der Waals surface area contributed by atoms with Crippen molar-refractivity contribution in [2.75, 3.05) is 26.2 Å². The quantitative estimate of drug-likeness (QED) is 0.761. The van der Waals surface area contributed by atoms with E-state index in [-0.39, 0.29) is 5.91 Å². The molecular formula is C19H22N6O. The molecule has 0 atom stereocenters. The second kappa shape index (κ2) is 7.21. The third-order valence-corrected chi connectivity index (χ3v) is 4.90. The molecule has 0 bridgehead atoms. The van der Waals surface area contributed by atoms with Crippen molar-refractivity contribution < 1.29 is 4.79 Å². The Morgan fingerprint density at radius 2 is 2.04 bits per heavy atom. The second-order valence-electron chi connectivity index (χ2n) is 6.60. The highest BCUT2D eigenvalue weighted by atomic mass is 16.1. The zero-order valence-corrected chi connectivity index (χ0v) is 14.9. The summed E-state index contributed by atoms with van der Waals surface area (Å²) in [6.45, 7) is 5.77. The largest absolute Gasteiger partial charge is 0.351 e. The number of hydrogen-bond acceptors (Lipinski definition) is 5. The lowest BCUT2D eigenvalue weighted by atomic mass is 10.1. The van der Waals surface area contributed by atoms with E-state index in [9.17, 15) is 4.79 Å². The summed E-state index contributed by atoms with van der Waals surface area (Å²) in [5.74, 6) is -0.0547. The first-order valence-corrected chi connectivity index (χ1v) is 9.01. The third-order valence-electron chi connectivity index (χ3n) is 4.90. The Morgan fingerprint density at radius 1 is 1.19 bits per heavy atom. The molecule has 7 heteroatoms. The van der Waals surface area contributed by atoms with Crippen LogP contribution in [-0.2, 0) is 0 Å². The number of likely N-dealkylation sites (tertiary alicyclic amines) is 1. The topological polar surface area (TPSA) is 75.9 Å². The van der Waals surface area contributed by atoms with Crippen LogP contribution in [0.4, 0.5) is 0 Å². The molecule has 0 aliphatic carbocycles. The Labute approximate surface area is 152 Å². The predicted octanol–water partition coefficient (Wildman–Crippen LogP) is 1.95. The van der Waals surface area contributed by atoms with Gasteiger partial charge in [-0.25, -0.2) is 4.98 Å². The number of nitrogens with one attached hydrogen (secondary N) is 1. The van der Waals surface area contributed by atoms with E-state index in [1.165, 1.54) is 12.8 Å². The Morgan fingerprint density at radius 3 is 2.88 bits per heavy atom. The predicted molar refractivity (Wildman–Crippen MR) is 99.4 cm³/mol. The molecule has 3 heterocycles. The van der Waals surface area contributed by atoms with Crippen LogP contribution in [0.25, 0.3) is 16.9 Å². The lowest BCUT2D eigenvalue weighted by molar-refractivity contribution is 0.0949. The molecule has 1 fully saturated rings. The van der Waals surface area contributed by atoms with E-state index < -0.39 is 0 Å². The molecule has 1 saturated heterocycles. The van der Waals surface area contributed by atoms with Crippen LogP contribution in [-0.4, -0.2) is 57.0 Å². The van der Waals surface area contributed by atoms with Gasteiger partial charge in [-0.1, -0.05) is 11.3 Å². The van der Waals surface area contributed by atoms with Crippen LogP contribution in [0.3, 0.4) is 0 Å². The maximum atomic E-state index is 12.6. The summed E-state index contributed by atoms with van der Waals surface area (Å²) < 4.78 is 1.69. The second-order valence-corrected chi connectivity index (χ2v) is 6.60. The van der Waals surface area contributed by atoms with Crippen LogP contribution in [0.1, 0.15) is 28.8 Å². The fourth-order valence-electron chi connectivity index (χ4n) is 3.46. The van der Waals surface area contributed by atoms with E-state index in [1.807, 2.05) is 37.3 Å². The zero-order valence-electron chi connectivity index (χ0n) is 14.9. The van der Waals surface area contributed by atoms with Crippen molar-refractivity contribution in [3.05, 3.63) is 47.7 Å². The molecule has 0 radical (unpaired) electrons. The van der Waals surface area contributed by atoms with Gasteiger partial charge in [0.05, 0.1) is 5.69 Å². The molecule has 0 saturated carbocycles. The van der Waals surface area contributed by atoms with Crippen LogP contribution in [0, 0.1) is 6.92 Å². The Balaban J connectivity index is 1.54. The molecular weight excluding hydrogens is 328 g/mol.